The summed E-state index contributed by atoms with van der Waals surface area (Å²) in [6.45, 7) is 3.73. The normalized spacial score (nSPS) is 16.6. The number of benzene rings is 4. The average Bonchev–Trinajstić information content (AvgIpc) is 3.03. The first kappa shape index (κ1) is 30.2. The van der Waals surface area contributed by atoms with Gasteiger partial charge in [0, 0.05) is 25.2 Å². The van der Waals surface area contributed by atoms with Crippen molar-refractivity contribution in [3.63, 3.8) is 0 Å². The average molecular weight is 574 g/mol. The maximum Gasteiger partial charge on any atom is 0.337 e. The van der Waals surface area contributed by atoms with Gasteiger partial charge in [0.1, 0.15) is 11.4 Å². The number of ether oxygens (including phenoxy) is 1. The lowest BCUT2D eigenvalue weighted by Gasteiger charge is -2.37. The number of esters is 1. The number of aliphatic hydroxyl groups excluding tert-OH is 1. The highest BCUT2D eigenvalue weighted by Gasteiger charge is 2.40. The molecule has 1 N–H and O–H groups in total. The Morgan fingerprint density at radius 1 is 0.698 bits per heavy atom. The summed E-state index contributed by atoms with van der Waals surface area (Å²) in [6.07, 6.45) is 5.66. The molecule has 1 aliphatic heterocycles. The van der Waals surface area contributed by atoms with Crippen molar-refractivity contribution < 1.29 is 14.6 Å². The van der Waals surface area contributed by atoms with Crippen LogP contribution in [-0.2, 0) is 35.5 Å². The molecule has 0 saturated heterocycles. The highest BCUT2D eigenvalue weighted by Crippen LogP contribution is 2.38. The molecule has 0 amide bonds. The summed E-state index contributed by atoms with van der Waals surface area (Å²) < 4.78 is 6.12. The van der Waals surface area contributed by atoms with Crippen LogP contribution in [-0.4, -0.2) is 16.7 Å². The van der Waals surface area contributed by atoms with E-state index in [1.54, 1.807) is 0 Å². The van der Waals surface area contributed by atoms with Gasteiger partial charge in [0.2, 0.25) is 0 Å². The van der Waals surface area contributed by atoms with E-state index >= 15 is 0 Å². The SMILES string of the molecule is CCCC1(CCc2ccccc2)CC(O)=C(CCCc2cccc(N(Cc3ccccc3)Cc3ccccc3)c2)C(=O)O1. The second-order valence-electron chi connectivity index (χ2n) is 11.8. The van der Waals surface area contributed by atoms with Gasteiger partial charge in [0.15, 0.2) is 0 Å². The molecule has 4 heteroatoms. The van der Waals surface area contributed by atoms with E-state index < -0.39 is 5.60 Å². The lowest BCUT2D eigenvalue weighted by Crippen LogP contribution is -2.40. The quantitative estimate of drug-likeness (QED) is 0.153. The number of aryl methyl sites for hydroxylation is 2. The molecule has 4 aromatic rings. The summed E-state index contributed by atoms with van der Waals surface area (Å²) in [5.41, 5.74) is 5.96. The second-order valence-corrected chi connectivity index (χ2v) is 11.8. The van der Waals surface area contributed by atoms with Crippen molar-refractivity contribution in [2.45, 2.75) is 77.0 Å². The van der Waals surface area contributed by atoms with Crippen molar-refractivity contribution in [3.8, 4) is 0 Å². The summed E-state index contributed by atoms with van der Waals surface area (Å²) >= 11 is 0. The van der Waals surface area contributed by atoms with Crippen molar-refractivity contribution in [2.24, 2.45) is 0 Å². The highest BCUT2D eigenvalue weighted by atomic mass is 16.6. The van der Waals surface area contributed by atoms with Crippen LogP contribution >= 0.6 is 0 Å². The van der Waals surface area contributed by atoms with E-state index in [4.69, 9.17) is 4.74 Å². The van der Waals surface area contributed by atoms with Gasteiger partial charge in [0.05, 0.1) is 5.57 Å². The smallest absolute Gasteiger partial charge is 0.337 e. The summed E-state index contributed by atoms with van der Waals surface area (Å²) in [6, 6.07) is 40.1. The molecule has 4 aromatic carbocycles. The fraction of sp³-hybridized carbons (Fsp3) is 0.308. The lowest BCUT2D eigenvalue weighted by molar-refractivity contribution is -0.161. The van der Waals surface area contributed by atoms with Gasteiger partial charge < -0.3 is 14.7 Å². The first-order valence-corrected chi connectivity index (χ1v) is 15.6. The van der Waals surface area contributed by atoms with E-state index in [1.165, 1.54) is 27.9 Å². The van der Waals surface area contributed by atoms with E-state index in [-0.39, 0.29) is 11.7 Å². The van der Waals surface area contributed by atoms with Crippen LogP contribution in [0.4, 0.5) is 5.69 Å². The maximum atomic E-state index is 13.2. The number of carbonyl (C=O) groups excluding carboxylic acids is 1. The van der Waals surface area contributed by atoms with E-state index in [1.807, 2.05) is 18.2 Å². The number of aliphatic hydroxyl groups is 1. The molecule has 1 heterocycles. The van der Waals surface area contributed by atoms with Gasteiger partial charge in [-0.25, -0.2) is 4.79 Å². The third-order valence-corrected chi connectivity index (χ3v) is 8.41. The van der Waals surface area contributed by atoms with Crippen LogP contribution in [0.1, 0.15) is 67.7 Å². The van der Waals surface area contributed by atoms with Crippen molar-refractivity contribution in [1.29, 1.82) is 0 Å². The molecule has 0 radical (unpaired) electrons. The first-order valence-electron chi connectivity index (χ1n) is 15.6. The minimum absolute atomic E-state index is 0.211. The van der Waals surface area contributed by atoms with Gasteiger partial charge in [-0.2, -0.15) is 0 Å². The molecule has 0 aliphatic carbocycles. The molecule has 43 heavy (non-hydrogen) atoms. The first-order chi connectivity index (χ1) is 21.0. The molecule has 4 nitrogen and oxygen atoms in total. The van der Waals surface area contributed by atoms with Crippen molar-refractivity contribution in [2.75, 3.05) is 4.90 Å². The molecule has 222 valence electrons. The molecule has 0 bridgehead atoms. The van der Waals surface area contributed by atoms with Gasteiger partial charge >= 0.3 is 5.97 Å². The second kappa shape index (κ2) is 14.7. The molecule has 1 atom stereocenters. The number of hydrogen-bond donors (Lipinski definition) is 1. The maximum absolute atomic E-state index is 13.2. The lowest BCUT2D eigenvalue weighted by atomic mass is 9.83. The predicted octanol–water partition coefficient (Wildman–Crippen LogP) is 9.15. The zero-order valence-corrected chi connectivity index (χ0v) is 25.3. The third-order valence-electron chi connectivity index (χ3n) is 8.41. The molecule has 0 fully saturated rings. The summed E-state index contributed by atoms with van der Waals surface area (Å²) in [7, 11) is 0. The molecule has 0 aromatic heterocycles. The Hall–Kier alpha value is -4.31. The van der Waals surface area contributed by atoms with Crippen LogP contribution in [0.15, 0.2) is 127 Å². The monoisotopic (exact) mass is 573 g/mol. The Balaban J connectivity index is 1.24. The Bertz CT molecular complexity index is 1440. The summed E-state index contributed by atoms with van der Waals surface area (Å²) in [5, 5.41) is 11.1. The molecule has 1 aliphatic rings. The van der Waals surface area contributed by atoms with Crippen LogP contribution < -0.4 is 4.90 Å². The number of cyclic esters (lactones) is 1. The minimum Gasteiger partial charge on any atom is -0.512 e. The van der Waals surface area contributed by atoms with Gasteiger partial charge in [-0.3, -0.25) is 0 Å². The van der Waals surface area contributed by atoms with Crippen LogP contribution in [0.5, 0.6) is 0 Å². The van der Waals surface area contributed by atoms with Crippen molar-refractivity contribution >= 4 is 11.7 Å². The third kappa shape index (κ3) is 8.38. The molecule has 0 spiro atoms. The highest BCUT2D eigenvalue weighted by molar-refractivity contribution is 5.90. The van der Waals surface area contributed by atoms with Gasteiger partial charge in [-0.15, -0.1) is 0 Å². The van der Waals surface area contributed by atoms with Gasteiger partial charge in [-0.1, -0.05) is 116 Å². The number of hydrogen-bond acceptors (Lipinski definition) is 4. The molecule has 5 rings (SSSR count). The number of anilines is 1. The number of nitrogens with zero attached hydrogens (tertiary/aromatic N) is 1. The van der Waals surface area contributed by atoms with E-state index in [2.05, 4.69) is 109 Å². The Labute approximate surface area is 256 Å². The van der Waals surface area contributed by atoms with Crippen molar-refractivity contribution in [3.05, 3.63) is 149 Å². The summed E-state index contributed by atoms with van der Waals surface area (Å²) in [4.78, 5) is 15.6. The summed E-state index contributed by atoms with van der Waals surface area (Å²) in [5.74, 6) is -0.140. The zero-order chi connectivity index (χ0) is 29.9. The Kier molecular flexibility index (Phi) is 10.3. The topological polar surface area (TPSA) is 49.8 Å². The Morgan fingerprint density at radius 3 is 1.86 bits per heavy atom. The van der Waals surface area contributed by atoms with Gasteiger partial charge in [-0.05, 0) is 72.9 Å². The minimum atomic E-state index is -0.634. The number of rotatable bonds is 14. The Morgan fingerprint density at radius 2 is 1.28 bits per heavy atom. The van der Waals surface area contributed by atoms with Gasteiger partial charge in [0.25, 0.3) is 0 Å². The standard InChI is InChI=1S/C39H43NO3/c1-2-25-39(26-24-31-14-6-3-7-15-31)28-37(41)36(38(42)43-39)23-13-21-32-20-12-22-35(27-32)40(29-33-16-8-4-9-17-33)30-34-18-10-5-11-19-34/h3-12,14-20,22,27,41H,2,13,21,23-26,28-30H2,1H3. The predicted molar refractivity (Wildman–Crippen MR) is 175 cm³/mol. The zero-order valence-electron chi connectivity index (χ0n) is 25.3. The van der Waals surface area contributed by atoms with Crippen LogP contribution in [0.2, 0.25) is 0 Å². The van der Waals surface area contributed by atoms with E-state index in [0.717, 1.165) is 45.2 Å². The van der Waals surface area contributed by atoms with Crippen molar-refractivity contribution in [1.82, 2.24) is 0 Å². The van der Waals surface area contributed by atoms with Crippen LogP contribution in [0, 0.1) is 0 Å². The largest absolute Gasteiger partial charge is 0.512 e. The molecule has 1 unspecified atom stereocenters. The number of carbonyl (C=O) groups is 1. The molecular formula is C39H43NO3. The van der Waals surface area contributed by atoms with E-state index in [0.29, 0.717) is 24.8 Å². The molecule has 0 saturated carbocycles. The fourth-order valence-corrected chi connectivity index (χ4v) is 6.17. The van der Waals surface area contributed by atoms with Crippen LogP contribution in [0.25, 0.3) is 0 Å². The van der Waals surface area contributed by atoms with Crippen LogP contribution in [0.3, 0.4) is 0 Å². The van der Waals surface area contributed by atoms with E-state index in [9.17, 15) is 9.90 Å². The fourth-order valence-electron chi connectivity index (χ4n) is 6.17. The molecular weight excluding hydrogens is 530 g/mol.